The van der Waals surface area contributed by atoms with Gasteiger partial charge >= 0.3 is 0 Å². The van der Waals surface area contributed by atoms with Crippen molar-refractivity contribution in [2.45, 2.75) is 25.7 Å². The van der Waals surface area contributed by atoms with E-state index in [1.54, 1.807) is 0 Å². The molecule has 0 aromatic heterocycles. The van der Waals surface area contributed by atoms with Crippen LogP contribution in [-0.4, -0.2) is 11.7 Å². The summed E-state index contributed by atoms with van der Waals surface area (Å²) in [5.41, 5.74) is 2.41. The topological polar surface area (TPSA) is 20.2 Å². The van der Waals surface area contributed by atoms with Crippen molar-refractivity contribution in [2.24, 2.45) is 0 Å². The van der Waals surface area contributed by atoms with E-state index in [0.29, 0.717) is 0 Å². The van der Waals surface area contributed by atoms with Gasteiger partial charge in [0.25, 0.3) is 0 Å². The van der Waals surface area contributed by atoms with Gasteiger partial charge < -0.3 is 5.11 Å². The van der Waals surface area contributed by atoms with E-state index in [1.165, 1.54) is 5.56 Å². The average molecular weight is 256 g/mol. The van der Waals surface area contributed by atoms with Crippen LogP contribution in [0.5, 0.6) is 0 Å². The Bertz CT molecular complexity index is 296. The van der Waals surface area contributed by atoms with E-state index in [1.807, 2.05) is 6.07 Å². The molecule has 1 radical (unpaired) electrons. The lowest BCUT2D eigenvalue weighted by molar-refractivity contribution is 0.282. The molecule has 1 rings (SSSR count). The summed E-state index contributed by atoms with van der Waals surface area (Å²) in [6.45, 7) is 6.16. The summed E-state index contributed by atoms with van der Waals surface area (Å²) in [6.07, 6.45) is 2.21. The zero-order valence-electron chi connectivity index (χ0n) is 8.46. The molecule has 14 heavy (non-hydrogen) atoms. The molecule has 1 nitrogen and oxygen atoms in total. The van der Waals surface area contributed by atoms with Gasteiger partial charge in [-0.1, -0.05) is 35.3 Å². The van der Waals surface area contributed by atoms with Crippen molar-refractivity contribution in [3.05, 3.63) is 40.7 Å². The van der Waals surface area contributed by atoms with Gasteiger partial charge in [0.15, 0.2) is 0 Å². The minimum Gasteiger partial charge on any atom is -0.396 e. The van der Waals surface area contributed by atoms with E-state index in [4.69, 9.17) is 5.11 Å². The molecule has 77 valence electrons. The molecule has 1 atom stereocenters. The molecule has 0 spiro atoms. The predicted molar refractivity (Wildman–Crippen MR) is 63.3 cm³/mol. The summed E-state index contributed by atoms with van der Waals surface area (Å²) in [6, 6.07) is 6.27. The van der Waals surface area contributed by atoms with Crippen molar-refractivity contribution in [3.63, 3.8) is 0 Å². The molecular formula is C12H16BrO. The summed E-state index contributed by atoms with van der Waals surface area (Å²) >= 11 is 3.47. The van der Waals surface area contributed by atoms with Gasteiger partial charge in [-0.2, -0.15) is 0 Å². The molecule has 0 amide bonds. The zero-order chi connectivity index (χ0) is 10.6. The van der Waals surface area contributed by atoms with Crippen LogP contribution >= 0.6 is 15.9 Å². The lowest BCUT2D eigenvalue weighted by Gasteiger charge is -2.10. The second kappa shape index (κ2) is 5.52. The van der Waals surface area contributed by atoms with Crippen molar-refractivity contribution >= 4 is 15.9 Å². The van der Waals surface area contributed by atoms with Crippen molar-refractivity contribution in [1.29, 1.82) is 0 Å². The van der Waals surface area contributed by atoms with Crippen LogP contribution in [0.15, 0.2) is 22.7 Å². The molecule has 0 aliphatic carbocycles. The van der Waals surface area contributed by atoms with Gasteiger partial charge in [0.1, 0.15) is 0 Å². The highest BCUT2D eigenvalue weighted by atomic mass is 79.9. The first-order chi connectivity index (χ1) is 6.67. The molecule has 1 aromatic rings. The number of aryl methyl sites for hydroxylation is 1. The molecule has 1 aromatic carbocycles. The third-order valence-corrected chi connectivity index (χ3v) is 2.67. The van der Waals surface area contributed by atoms with Crippen LogP contribution in [0.2, 0.25) is 0 Å². The predicted octanol–water partition coefficient (Wildman–Crippen LogP) is 3.31. The Labute approximate surface area is 94.3 Å². The summed E-state index contributed by atoms with van der Waals surface area (Å²) in [7, 11) is 0. The Morgan fingerprint density at radius 3 is 2.71 bits per heavy atom. The van der Waals surface area contributed by atoms with Gasteiger partial charge in [0.05, 0.1) is 0 Å². The molecule has 0 heterocycles. The third-order valence-electron chi connectivity index (χ3n) is 2.21. The van der Waals surface area contributed by atoms with Gasteiger partial charge in [-0.05, 0) is 36.6 Å². The Kier molecular flexibility index (Phi) is 4.63. The summed E-state index contributed by atoms with van der Waals surface area (Å²) in [5, 5.41) is 9.02. The smallest absolute Gasteiger partial charge is 0.0499 e. The van der Waals surface area contributed by atoms with Crippen LogP contribution in [0, 0.1) is 6.92 Å². The standard InChI is InChI=1S/C12H16BrO/c1-3-4-10-5-11(9(2)8-14)7-12(13)6-10/h5-7,9,14H,2-4,8H2,1H3. The van der Waals surface area contributed by atoms with E-state index in [0.717, 1.165) is 22.9 Å². The van der Waals surface area contributed by atoms with Crippen molar-refractivity contribution in [1.82, 2.24) is 0 Å². The van der Waals surface area contributed by atoms with Crippen molar-refractivity contribution < 1.29 is 5.11 Å². The van der Waals surface area contributed by atoms with Gasteiger partial charge in [0.2, 0.25) is 0 Å². The van der Waals surface area contributed by atoms with Crippen LogP contribution in [0.25, 0.3) is 0 Å². The monoisotopic (exact) mass is 255 g/mol. The van der Waals surface area contributed by atoms with E-state index < -0.39 is 0 Å². The maximum absolute atomic E-state index is 9.02. The fraction of sp³-hybridized carbons (Fsp3) is 0.417. The van der Waals surface area contributed by atoms with Gasteiger partial charge in [-0.25, -0.2) is 0 Å². The van der Waals surface area contributed by atoms with Crippen LogP contribution < -0.4 is 0 Å². The number of halogens is 1. The summed E-state index contributed by atoms with van der Waals surface area (Å²) in [4.78, 5) is 0. The number of hydrogen-bond donors (Lipinski definition) is 1. The maximum Gasteiger partial charge on any atom is 0.0499 e. The fourth-order valence-corrected chi connectivity index (χ4v) is 2.01. The molecule has 0 aliphatic rings. The number of rotatable bonds is 4. The average Bonchev–Trinajstić information content (AvgIpc) is 2.16. The lowest BCUT2D eigenvalue weighted by Crippen LogP contribution is -2.00. The molecule has 0 fully saturated rings. The normalized spacial score (nSPS) is 12.9. The molecule has 0 bridgehead atoms. The maximum atomic E-state index is 9.02. The first-order valence-electron chi connectivity index (χ1n) is 4.90. The first-order valence-corrected chi connectivity index (χ1v) is 5.70. The van der Waals surface area contributed by atoms with Gasteiger partial charge in [0, 0.05) is 17.0 Å². The molecule has 0 aliphatic heterocycles. The number of aliphatic hydroxyl groups excluding tert-OH is 1. The fourth-order valence-electron chi connectivity index (χ4n) is 1.45. The minimum atomic E-state index is -0.0249. The highest BCUT2D eigenvalue weighted by Crippen LogP contribution is 2.22. The highest BCUT2D eigenvalue weighted by Gasteiger charge is 2.06. The second-order valence-electron chi connectivity index (χ2n) is 3.52. The van der Waals surface area contributed by atoms with E-state index in [-0.39, 0.29) is 12.5 Å². The SMILES string of the molecule is [CH2]C(CO)c1cc(Br)cc(CCC)c1. The lowest BCUT2D eigenvalue weighted by atomic mass is 9.98. The second-order valence-corrected chi connectivity index (χ2v) is 4.44. The van der Waals surface area contributed by atoms with E-state index >= 15 is 0 Å². The van der Waals surface area contributed by atoms with Crippen LogP contribution in [0.3, 0.4) is 0 Å². The van der Waals surface area contributed by atoms with Gasteiger partial charge in [-0.3, -0.25) is 0 Å². The highest BCUT2D eigenvalue weighted by molar-refractivity contribution is 9.10. The third kappa shape index (κ3) is 3.10. The van der Waals surface area contributed by atoms with Crippen molar-refractivity contribution in [3.8, 4) is 0 Å². The largest absolute Gasteiger partial charge is 0.396 e. The quantitative estimate of drug-likeness (QED) is 0.876. The Hall–Kier alpha value is -0.340. The van der Waals surface area contributed by atoms with Crippen LogP contribution in [0.4, 0.5) is 0 Å². The molecule has 1 N–H and O–H groups in total. The summed E-state index contributed by atoms with van der Waals surface area (Å²) in [5.74, 6) is -0.0249. The van der Waals surface area contributed by atoms with Crippen LogP contribution in [-0.2, 0) is 6.42 Å². The van der Waals surface area contributed by atoms with E-state index in [9.17, 15) is 0 Å². The van der Waals surface area contributed by atoms with E-state index in [2.05, 4.69) is 41.9 Å². The van der Waals surface area contributed by atoms with Gasteiger partial charge in [-0.15, -0.1) is 0 Å². The minimum absolute atomic E-state index is 0.0249. The molecule has 0 saturated heterocycles. The summed E-state index contributed by atoms with van der Waals surface area (Å²) < 4.78 is 1.07. The van der Waals surface area contributed by atoms with Crippen LogP contribution in [0.1, 0.15) is 30.4 Å². The van der Waals surface area contributed by atoms with Crippen molar-refractivity contribution in [2.75, 3.05) is 6.61 Å². The zero-order valence-corrected chi connectivity index (χ0v) is 10.0. The molecular weight excluding hydrogens is 240 g/mol. The number of benzene rings is 1. The first kappa shape index (κ1) is 11.7. The molecule has 0 saturated carbocycles. The molecule has 2 heteroatoms. The number of aliphatic hydroxyl groups is 1. The number of hydrogen-bond acceptors (Lipinski definition) is 1. The Morgan fingerprint density at radius 1 is 1.43 bits per heavy atom. The molecule has 1 unspecified atom stereocenters. The Balaban J connectivity index is 2.94. The Morgan fingerprint density at radius 2 is 2.14 bits per heavy atom.